The number of rotatable bonds is 7. The molecular formula is C17H19NO6S. The molecule has 0 fully saturated rings. The van der Waals surface area contributed by atoms with E-state index in [1.54, 1.807) is 33.1 Å². The lowest BCUT2D eigenvalue weighted by Crippen LogP contribution is -2.13. The molecule has 2 rings (SSSR count). The van der Waals surface area contributed by atoms with E-state index in [4.69, 9.17) is 8.92 Å². The lowest BCUT2D eigenvalue weighted by atomic mass is 10.1. The normalized spacial score (nSPS) is 11.3. The summed E-state index contributed by atoms with van der Waals surface area (Å²) in [5, 5.41) is 11.2. The molecule has 0 radical (unpaired) electrons. The highest BCUT2D eigenvalue weighted by Crippen LogP contribution is 2.29. The van der Waals surface area contributed by atoms with E-state index >= 15 is 0 Å². The monoisotopic (exact) mass is 365 g/mol. The summed E-state index contributed by atoms with van der Waals surface area (Å²) in [5.41, 5.74) is 1.72. The van der Waals surface area contributed by atoms with Crippen molar-refractivity contribution in [1.29, 1.82) is 0 Å². The van der Waals surface area contributed by atoms with Crippen LogP contribution in [0.3, 0.4) is 0 Å². The van der Waals surface area contributed by atoms with Crippen LogP contribution in [0.25, 0.3) is 0 Å². The fourth-order valence-electron chi connectivity index (χ4n) is 2.22. The van der Waals surface area contributed by atoms with E-state index in [9.17, 15) is 18.5 Å². The van der Waals surface area contributed by atoms with Crippen LogP contribution in [-0.4, -0.2) is 27.1 Å². The van der Waals surface area contributed by atoms with Gasteiger partial charge in [-0.15, -0.1) is 0 Å². The molecule has 0 saturated heterocycles. The van der Waals surface area contributed by atoms with Crippen molar-refractivity contribution >= 4 is 15.8 Å². The lowest BCUT2D eigenvalue weighted by molar-refractivity contribution is -0.387. The van der Waals surface area contributed by atoms with Gasteiger partial charge in [-0.1, -0.05) is 12.1 Å². The SMILES string of the molecule is COCCc1ccc(OS(=O)(=O)c2cc(C)c(C)cc2[N+](=O)[O-])cc1. The average molecular weight is 365 g/mol. The Kier molecular flexibility index (Phi) is 5.76. The van der Waals surface area contributed by atoms with Gasteiger partial charge in [0.1, 0.15) is 5.75 Å². The van der Waals surface area contributed by atoms with Crippen LogP contribution >= 0.6 is 0 Å². The molecule has 0 amide bonds. The van der Waals surface area contributed by atoms with Crippen molar-refractivity contribution < 1.29 is 22.3 Å². The summed E-state index contributed by atoms with van der Waals surface area (Å²) in [6.45, 7) is 3.91. The summed E-state index contributed by atoms with van der Waals surface area (Å²) in [6.07, 6.45) is 0.687. The van der Waals surface area contributed by atoms with E-state index in [2.05, 4.69) is 0 Å². The minimum absolute atomic E-state index is 0.0914. The molecule has 0 aromatic heterocycles. The van der Waals surface area contributed by atoms with Gasteiger partial charge in [0.2, 0.25) is 0 Å². The van der Waals surface area contributed by atoms with Crippen molar-refractivity contribution in [1.82, 2.24) is 0 Å². The van der Waals surface area contributed by atoms with Crippen LogP contribution < -0.4 is 4.18 Å². The van der Waals surface area contributed by atoms with Crippen molar-refractivity contribution in [2.45, 2.75) is 25.2 Å². The lowest BCUT2D eigenvalue weighted by Gasteiger charge is -2.10. The van der Waals surface area contributed by atoms with Crippen LogP contribution in [0.2, 0.25) is 0 Å². The summed E-state index contributed by atoms with van der Waals surface area (Å²) in [5.74, 6) is 0.0914. The van der Waals surface area contributed by atoms with E-state index in [-0.39, 0.29) is 5.75 Å². The van der Waals surface area contributed by atoms with Gasteiger partial charge in [-0.05, 0) is 55.2 Å². The number of hydrogen-bond acceptors (Lipinski definition) is 6. The summed E-state index contributed by atoms with van der Waals surface area (Å²) >= 11 is 0. The quantitative estimate of drug-likeness (QED) is 0.425. The molecule has 0 aliphatic heterocycles. The highest BCUT2D eigenvalue weighted by atomic mass is 32.2. The molecule has 25 heavy (non-hydrogen) atoms. The van der Waals surface area contributed by atoms with Crippen LogP contribution in [0, 0.1) is 24.0 Å². The van der Waals surface area contributed by atoms with Crippen LogP contribution in [-0.2, 0) is 21.3 Å². The first-order valence-electron chi connectivity index (χ1n) is 7.52. The maximum absolute atomic E-state index is 12.5. The van der Waals surface area contributed by atoms with Crippen molar-refractivity contribution in [3.63, 3.8) is 0 Å². The molecule has 0 bridgehead atoms. The molecule has 0 aliphatic rings. The average Bonchev–Trinajstić information content (AvgIpc) is 2.55. The summed E-state index contributed by atoms with van der Waals surface area (Å²) in [6, 6.07) is 8.96. The fourth-order valence-corrected chi connectivity index (χ4v) is 3.39. The van der Waals surface area contributed by atoms with Gasteiger partial charge in [-0.25, -0.2) is 0 Å². The van der Waals surface area contributed by atoms with Crippen LogP contribution in [0.5, 0.6) is 5.75 Å². The highest BCUT2D eigenvalue weighted by molar-refractivity contribution is 7.87. The van der Waals surface area contributed by atoms with E-state index in [1.807, 2.05) is 0 Å². The molecule has 0 spiro atoms. The zero-order valence-corrected chi connectivity index (χ0v) is 15.0. The Hall–Kier alpha value is -2.45. The van der Waals surface area contributed by atoms with Gasteiger partial charge in [0, 0.05) is 13.2 Å². The maximum Gasteiger partial charge on any atom is 0.346 e. The molecule has 0 aliphatic carbocycles. The summed E-state index contributed by atoms with van der Waals surface area (Å²) in [4.78, 5) is 10.0. The third-order valence-corrected chi connectivity index (χ3v) is 5.04. The first kappa shape index (κ1) is 18.9. The number of benzene rings is 2. The molecule has 134 valence electrons. The predicted molar refractivity (Wildman–Crippen MR) is 92.4 cm³/mol. The van der Waals surface area contributed by atoms with Crippen molar-refractivity contribution in [3.8, 4) is 5.75 Å². The Balaban J connectivity index is 2.33. The topological polar surface area (TPSA) is 95.7 Å². The van der Waals surface area contributed by atoms with Crippen molar-refractivity contribution in [2.75, 3.05) is 13.7 Å². The fraction of sp³-hybridized carbons (Fsp3) is 0.294. The van der Waals surface area contributed by atoms with Crippen LogP contribution in [0.4, 0.5) is 5.69 Å². The second-order valence-electron chi connectivity index (χ2n) is 5.59. The van der Waals surface area contributed by atoms with E-state index < -0.39 is 25.6 Å². The predicted octanol–water partition coefficient (Wildman–Crippen LogP) is 3.17. The zero-order chi connectivity index (χ0) is 18.6. The van der Waals surface area contributed by atoms with E-state index in [1.165, 1.54) is 24.3 Å². The second kappa shape index (κ2) is 7.62. The summed E-state index contributed by atoms with van der Waals surface area (Å²) < 4.78 is 35.1. The molecule has 0 unspecified atom stereocenters. The third kappa shape index (κ3) is 4.55. The van der Waals surface area contributed by atoms with E-state index in [0.717, 1.165) is 5.56 Å². The summed E-state index contributed by atoms with van der Waals surface area (Å²) in [7, 11) is -2.73. The molecule has 7 nitrogen and oxygen atoms in total. The van der Waals surface area contributed by atoms with E-state index in [0.29, 0.717) is 24.2 Å². The highest BCUT2D eigenvalue weighted by Gasteiger charge is 2.28. The van der Waals surface area contributed by atoms with Gasteiger partial charge in [-0.3, -0.25) is 10.1 Å². The molecule has 2 aromatic carbocycles. The first-order valence-corrected chi connectivity index (χ1v) is 8.93. The number of nitro groups is 1. The van der Waals surface area contributed by atoms with Crippen molar-refractivity contribution in [2.24, 2.45) is 0 Å². The molecular weight excluding hydrogens is 346 g/mol. The largest absolute Gasteiger partial charge is 0.384 e. The Labute approximate surface area is 146 Å². The number of ether oxygens (including phenoxy) is 1. The standard InChI is InChI=1S/C17H19NO6S/c1-12-10-16(18(19)20)17(11-13(12)2)25(21,22)24-15-6-4-14(5-7-15)8-9-23-3/h4-7,10-11H,8-9H2,1-3H3. The molecule has 2 aromatic rings. The first-order chi connectivity index (χ1) is 11.7. The second-order valence-corrected chi connectivity index (χ2v) is 7.10. The van der Waals surface area contributed by atoms with Gasteiger partial charge in [0.25, 0.3) is 5.69 Å². The molecule has 0 heterocycles. The minimum Gasteiger partial charge on any atom is -0.384 e. The number of hydrogen-bond donors (Lipinski definition) is 0. The molecule has 0 N–H and O–H groups in total. The number of nitrogens with zero attached hydrogens (tertiary/aromatic N) is 1. The Morgan fingerprint density at radius 3 is 2.24 bits per heavy atom. The van der Waals surface area contributed by atoms with Gasteiger partial charge >= 0.3 is 10.1 Å². The Morgan fingerprint density at radius 1 is 1.08 bits per heavy atom. The molecule has 0 atom stereocenters. The van der Waals surface area contributed by atoms with Crippen molar-refractivity contribution in [3.05, 3.63) is 63.2 Å². The van der Waals surface area contributed by atoms with Gasteiger partial charge < -0.3 is 8.92 Å². The third-order valence-electron chi connectivity index (χ3n) is 3.77. The van der Waals surface area contributed by atoms with Crippen LogP contribution in [0.15, 0.2) is 41.3 Å². The number of methoxy groups -OCH3 is 1. The molecule has 8 heteroatoms. The van der Waals surface area contributed by atoms with Gasteiger partial charge in [0.05, 0.1) is 11.5 Å². The Bertz CT molecular complexity index is 875. The number of aryl methyl sites for hydroxylation is 2. The number of nitro benzene ring substituents is 1. The minimum atomic E-state index is -4.32. The Morgan fingerprint density at radius 2 is 1.68 bits per heavy atom. The van der Waals surface area contributed by atoms with Crippen LogP contribution in [0.1, 0.15) is 16.7 Å². The van der Waals surface area contributed by atoms with Gasteiger partial charge in [-0.2, -0.15) is 8.42 Å². The molecule has 0 saturated carbocycles. The smallest absolute Gasteiger partial charge is 0.346 e. The van der Waals surface area contributed by atoms with Gasteiger partial charge in [0.15, 0.2) is 4.90 Å². The zero-order valence-electron chi connectivity index (χ0n) is 14.2. The maximum atomic E-state index is 12.5.